The fourth-order valence-corrected chi connectivity index (χ4v) is 1.97. The molecule has 0 aliphatic heterocycles. The molecule has 2 rings (SSSR count). The van der Waals surface area contributed by atoms with Gasteiger partial charge in [-0.3, -0.25) is 0 Å². The molecule has 17 heavy (non-hydrogen) atoms. The molecule has 5 heteroatoms. The molecular formula is C12H12Cl2N2O. The smallest absolute Gasteiger partial charge is 0.156 e. The summed E-state index contributed by atoms with van der Waals surface area (Å²) in [5, 5.41) is 1.08. The predicted octanol–water partition coefficient (Wildman–Crippen LogP) is 3.66. The second-order valence-electron chi connectivity index (χ2n) is 3.55. The minimum absolute atomic E-state index is 0.542. The van der Waals surface area contributed by atoms with Gasteiger partial charge in [-0.1, -0.05) is 29.3 Å². The van der Waals surface area contributed by atoms with Crippen molar-refractivity contribution in [2.75, 3.05) is 6.61 Å². The molecule has 2 aromatic rings. The molecule has 1 aromatic heterocycles. The summed E-state index contributed by atoms with van der Waals surface area (Å²) in [4.78, 5) is 3.97. The number of aryl methyl sites for hydroxylation is 1. The molecule has 0 fully saturated rings. The Hall–Kier alpha value is -1.19. The molecule has 0 unspecified atom stereocenters. The van der Waals surface area contributed by atoms with Crippen molar-refractivity contribution in [3.05, 3.63) is 47.0 Å². The van der Waals surface area contributed by atoms with Crippen LogP contribution in [-0.4, -0.2) is 16.2 Å². The maximum atomic E-state index is 5.98. The van der Waals surface area contributed by atoms with Gasteiger partial charge in [0.1, 0.15) is 0 Å². The second-order valence-corrected chi connectivity index (χ2v) is 4.37. The minimum Gasteiger partial charge on any atom is -0.490 e. The van der Waals surface area contributed by atoms with Crippen LogP contribution in [0.4, 0.5) is 0 Å². The third-order valence-electron chi connectivity index (χ3n) is 2.29. The maximum Gasteiger partial charge on any atom is 0.156 e. The van der Waals surface area contributed by atoms with Gasteiger partial charge in [0.25, 0.3) is 0 Å². The number of halogens is 2. The fourth-order valence-electron chi connectivity index (χ4n) is 1.46. The van der Waals surface area contributed by atoms with Crippen LogP contribution in [0, 0.1) is 0 Å². The molecule has 1 heterocycles. The molecule has 90 valence electrons. The van der Waals surface area contributed by atoms with Crippen LogP contribution in [0.15, 0.2) is 36.9 Å². The van der Waals surface area contributed by atoms with Gasteiger partial charge in [0, 0.05) is 18.9 Å². The van der Waals surface area contributed by atoms with Crippen molar-refractivity contribution in [2.24, 2.45) is 0 Å². The molecule has 0 spiro atoms. The monoisotopic (exact) mass is 270 g/mol. The van der Waals surface area contributed by atoms with Crippen molar-refractivity contribution in [3.63, 3.8) is 0 Å². The van der Waals surface area contributed by atoms with E-state index in [1.165, 1.54) is 0 Å². The summed E-state index contributed by atoms with van der Waals surface area (Å²) in [7, 11) is 0. The predicted molar refractivity (Wildman–Crippen MR) is 68.8 cm³/mol. The van der Waals surface area contributed by atoms with E-state index in [1.54, 1.807) is 30.7 Å². The highest BCUT2D eigenvalue weighted by Crippen LogP contribution is 2.32. The number of ether oxygens (including phenoxy) is 1. The zero-order valence-electron chi connectivity index (χ0n) is 9.14. The molecule has 0 saturated heterocycles. The second kappa shape index (κ2) is 5.94. The first kappa shape index (κ1) is 12.3. The average molecular weight is 271 g/mol. The van der Waals surface area contributed by atoms with Crippen LogP contribution in [0.1, 0.15) is 6.42 Å². The Morgan fingerprint density at radius 2 is 2.00 bits per heavy atom. The minimum atomic E-state index is 0.542. The zero-order valence-corrected chi connectivity index (χ0v) is 10.7. The Balaban J connectivity index is 1.82. The van der Waals surface area contributed by atoms with E-state index in [4.69, 9.17) is 27.9 Å². The van der Waals surface area contributed by atoms with Gasteiger partial charge in [-0.15, -0.1) is 0 Å². The molecule has 0 aliphatic rings. The molecule has 0 amide bonds. The molecule has 0 N–H and O–H groups in total. The van der Waals surface area contributed by atoms with Crippen molar-refractivity contribution in [1.82, 2.24) is 9.55 Å². The zero-order chi connectivity index (χ0) is 12.1. The van der Waals surface area contributed by atoms with Gasteiger partial charge < -0.3 is 9.30 Å². The lowest BCUT2D eigenvalue weighted by Gasteiger charge is -2.09. The van der Waals surface area contributed by atoms with E-state index in [9.17, 15) is 0 Å². The van der Waals surface area contributed by atoms with Crippen LogP contribution >= 0.6 is 23.2 Å². The maximum absolute atomic E-state index is 5.98. The van der Waals surface area contributed by atoms with Crippen molar-refractivity contribution < 1.29 is 4.74 Å². The van der Waals surface area contributed by atoms with E-state index >= 15 is 0 Å². The van der Waals surface area contributed by atoms with Crippen LogP contribution in [-0.2, 0) is 6.54 Å². The summed E-state index contributed by atoms with van der Waals surface area (Å²) in [6, 6.07) is 5.32. The van der Waals surface area contributed by atoms with Crippen LogP contribution in [0.25, 0.3) is 0 Å². The van der Waals surface area contributed by atoms with E-state index < -0.39 is 0 Å². The van der Waals surface area contributed by atoms with Gasteiger partial charge in [-0.05, 0) is 18.6 Å². The summed E-state index contributed by atoms with van der Waals surface area (Å²) in [6.45, 7) is 1.43. The third-order valence-corrected chi connectivity index (χ3v) is 2.88. The van der Waals surface area contributed by atoms with E-state index in [-0.39, 0.29) is 0 Å². The van der Waals surface area contributed by atoms with E-state index in [0.717, 1.165) is 13.0 Å². The average Bonchev–Trinajstić information content (AvgIpc) is 2.80. The van der Waals surface area contributed by atoms with Gasteiger partial charge in [0.05, 0.1) is 23.0 Å². The van der Waals surface area contributed by atoms with Crippen molar-refractivity contribution >= 4 is 23.2 Å². The summed E-state index contributed by atoms with van der Waals surface area (Å²) in [6.07, 6.45) is 6.33. The number of para-hydroxylation sites is 1. The molecule has 0 radical (unpaired) electrons. The van der Waals surface area contributed by atoms with Gasteiger partial charge in [0.15, 0.2) is 5.75 Å². The molecule has 0 bridgehead atoms. The lowest BCUT2D eigenvalue weighted by Crippen LogP contribution is -2.03. The highest BCUT2D eigenvalue weighted by molar-refractivity contribution is 6.37. The topological polar surface area (TPSA) is 27.1 Å². The standard InChI is InChI=1S/C12H12Cl2N2O/c13-10-3-1-4-11(14)12(10)17-8-2-6-16-7-5-15-9-16/h1,3-5,7,9H,2,6,8H2. The first-order valence-electron chi connectivity index (χ1n) is 5.30. The van der Waals surface area contributed by atoms with Crippen molar-refractivity contribution in [2.45, 2.75) is 13.0 Å². The summed E-state index contributed by atoms with van der Waals surface area (Å²) in [5.74, 6) is 0.557. The molecule has 0 atom stereocenters. The van der Waals surface area contributed by atoms with E-state index in [1.807, 2.05) is 10.8 Å². The highest BCUT2D eigenvalue weighted by atomic mass is 35.5. The molecule has 0 aliphatic carbocycles. The van der Waals surface area contributed by atoms with Gasteiger partial charge >= 0.3 is 0 Å². The quantitative estimate of drug-likeness (QED) is 0.776. The SMILES string of the molecule is Clc1cccc(Cl)c1OCCCn1ccnc1. The summed E-state index contributed by atoms with van der Waals surface area (Å²) < 4.78 is 7.57. The van der Waals surface area contributed by atoms with Gasteiger partial charge in [-0.2, -0.15) is 0 Å². The molecule has 1 aromatic carbocycles. The Bertz CT molecular complexity index is 451. The van der Waals surface area contributed by atoms with Crippen LogP contribution in [0.5, 0.6) is 5.75 Å². The van der Waals surface area contributed by atoms with Crippen LogP contribution in [0.2, 0.25) is 10.0 Å². The third kappa shape index (κ3) is 3.38. The first-order valence-corrected chi connectivity index (χ1v) is 6.05. The first-order chi connectivity index (χ1) is 8.27. The van der Waals surface area contributed by atoms with Gasteiger partial charge in [0.2, 0.25) is 0 Å². The number of benzene rings is 1. The van der Waals surface area contributed by atoms with Crippen LogP contribution < -0.4 is 4.74 Å². The Morgan fingerprint density at radius 3 is 2.65 bits per heavy atom. The van der Waals surface area contributed by atoms with E-state index in [2.05, 4.69) is 4.98 Å². The lowest BCUT2D eigenvalue weighted by atomic mass is 10.3. The molecular weight excluding hydrogens is 259 g/mol. The van der Waals surface area contributed by atoms with Crippen molar-refractivity contribution in [3.8, 4) is 5.75 Å². The van der Waals surface area contributed by atoms with Gasteiger partial charge in [-0.25, -0.2) is 4.98 Å². The number of hydrogen-bond donors (Lipinski definition) is 0. The number of imidazole rings is 1. The molecule has 0 saturated carbocycles. The molecule has 3 nitrogen and oxygen atoms in total. The number of hydrogen-bond acceptors (Lipinski definition) is 2. The van der Waals surface area contributed by atoms with E-state index in [0.29, 0.717) is 22.4 Å². The number of nitrogens with zero attached hydrogens (tertiary/aromatic N) is 2. The largest absolute Gasteiger partial charge is 0.490 e. The Labute approximate surface area is 110 Å². The van der Waals surface area contributed by atoms with Crippen molar-refractivity contribution in [1.29, 1.82) is 0 Å². The normalized spacial score (nSPS) is 10.5. The number of aromatic nitrogens is 2. The highest BCUT2D eigenvalue weighted by Gasteiger charge is 2.05. The summed E-state index contributed by atoms with van der Waals surface area (Å²) in [5.41, 5.74) is 0. The summed E-state index contributed by atoms with van der Waals surface area (Å²) >= 11 is 12.0. The Kier molecular flexibility index (Phi) is 4.29. The lowest BCUT2D eigenvalue weighted by molar-refractivity contribution is 0.302. The van der Waals surface area contributed by atoms with Crippen LogP contribution in [0.3, 0.4) is 0 Å². The Morgan fingerprint density at radius 1 is 1.24 bits per heavy atom. The fraction of sp³-hybridized carbons (Fsp3) is 0.250. The number of rotatable bonds is 5.